The van der Waals surface area contributed by atoms with Gasteiger partial charge in [0.2, 0.25) is 12.3 Å². The van der Waals surface area contributed by atoms with Crippen LogP contribution in [0.1, 0.15) is 48.4 Å². The van der Waals surface area contributed by atoms with Crippen LogP contribution in [0, 0.1) is 11.6 Å². The van der Waals surface area contributed by atoms with E-state index >= 15 is 0 Å². The lowest BCUT2D eigenvalue weighted by molar-refractivity contribution is -0.134. The van der Waals surface area contributed by atoms with E-state index in [9.17, 15) is 28.3 Å². The van der Waals surface area contributed by atoms with Gasteiger partial charge in [-0.3, -0.25) is 9.59 Å². The lowest BCUT2D eigenvalue weighted by atomic mass is 9.98. The van der Waals surface area contributed by atoms with Gasteiger partial charge in [-0.15, -0.1) is 0 Å². The number of hydrogen-bond donors (Lipinski definition) is 3. The Balaban J connectivity index is 2.21. The second kappa shape index (κ2) is 9.19. The third-order valence-corrected chi connectivity index (χ3v) is 5.10. The maximum atomic E-state index is 14.3. The van der Waals surface area contributed by atoms with Crippen molar-refractivity contribution in [2.45, 2.75) is 38.9 Å². The fourth-order valence-electron chi connectivity index (χ4n) is 3.57. The number of rotatable bonds is 7. The monoisotopic (exact) mass is 477 g/mol. The number of hydrogen-bond acceptors (Lipinski definition) is 3. The number of benzene rings is 2. The zero-order valence-electron chi connectivity index (χ0n) is 18.1. The first-order valence-corrected chi connectivity index (χ1v) is 10.3. The standard InChI is InChI=1S/C23H22ClF2N3O4/c1-23(2,3)28-21(31)20(29(11-30)10-12-4-6-14(25)9-16(12)26)18-15-7-5-13(24)8-17(15)27-19(18)22(32)33/h4-9,11,20,27H,10H2,1-3H3,(H,28,31)(H,32,33). The third kappa shape index (κ3) is 5.31. The van der Waals surface area contributed by atoms with Crippen LogP contribution in [-0.4, -0.2) is 38.8 Å². The molecule has 0 bridgehead atoms. The largest absolute Gasteiger partial charge is 0.477 e. The highest BCUT2D eigenvalue weighted by atomic mass is 35.5. The Kier molecular flexibility index (Phi) is 6.73. The van der Waals surface area contributed by atoms with E-state index in [-0.39, 0.29) is 16.8 Å². The molecule has 3 rings (SSSR count). The molecule has 1 aromatic heterocycles. The number of aromatic carboxylic acids is 1. The van der Waals surface area contributed by atoms with Crippen LogP contribution in [0.4, 0.5) is 8.78 Å². The summed E-state index contributed by atoms with van der Waals surface area (Å²) in [4.78, 5) is 41.3. The maximum absolute atomic E-state index is 14.3. The molecule has 0 radical (unpaired) electrons. The smallest absolute Gasteiger partial charge is 0.352 e. The first-order chi connectivity index (χ1) is 15.4. The molecule has 0 spiro atoms. The second-order valence-electron chi connectivity index (χ2n) is 8.56. The molecule has 0 saturated heterocycles. The summed E-state index contributed by atoms with van der Waals surface area (Å²) in [5.41, 5.74) is -0.707. The number of nitrogens with one attached hydrogen (secondary N) is 2. The first-order valence-electron chi connectivity index (χ1n) is 9.92. The van der Waals surface area contributed by atoms with E-state index in [2.05, 4.69) is 10.3 Å². The van der Waals surface area contributed by atoms with Crippen molar-refractivity contribution in [3.05, 3.63) is 69.9 Å². The number of aromatic amines is 1. The van der Waals surface area contributed by atoms with Crippen molar-refractivity contribution < 1.29 is 28.3 Å². The van der Waals surface area contributed by atoms with E-state index in [0.29, 0.717) is 28.4 Å². The fourth-order valence-corrected chi connectivity index (χ4v) is 3.74. The average molecular weight is 478 g/mol. The minimum atomic E-state index is -1.44. The van der Waals surface area contributed by atoms with Gasteiger partial charge >= 0.3 is 5.97 Å². The summed E-state index contributed by atoms with van der Waals surface area (Å²) in [6, 6.07) is 5.97. The van der Waals surface area contributed by atoms with Crippen LogP contribution in [0.2, 0.25) is 5.02 Å². The molecule has 0 aliphatic carbocycles. The molecular weight excluding hydrogens is 456 g/mol. The second-order valence-corrected chi connectivity index (χ2v) is 9.00. The number of carboxylic acids is 1. The van der Waals surface area contributed by atoms with Crippen molar-refractivity contribution in [1.82, 2.24) is 15.2 Å². The van der Waals surface area contributed by atoms with Gasteiger partial charge in [0.15, 0.2) is 0 Å². The molecule has 1 heterocycles. The highest BCUT2D eigenvalue weighted by Crippen LogP contribution is 2.34. The van der Waals surface area contributed by atoms with Gasteiger partial charge in [0.05, 0.1) is 0 Å². The van der Waals surface area contributed by atoms with E-state index < -0.39 is 41.6 Å². The first kappa shape index (κ1) is 24.2. The number of aromatic nitrogens is 1. The van der Waals surface area contributed by atoms with Crippen molar-refractivity contribution in [2.24, 2.45) is 0 Å². The number of amides is 2. The summed E-state index contributed by atoms with van der Waals surface area (Å²) in [6.45, 7) is 4.76. The molecule has 0 aliphatic heterocycles. The molecule has 0 fully saturated rings. The molecule has 1 unspecified atom stereocenters. The number of fused-ring (bicyclic) bond motifs is 1. The van der Waals surface area contributed by atoms with Gasteiger partial charge < -0.3 is 20.3 Å². The van der Waals surface area contributed by atoms with Crippen LogP contribution in [-0.2, 0) is 16.1 Å². The molecule has 0 aliphatic rings. The SMILES string of the molecule is CC(C)(C)NC(=O)C(c1c(C(=O)O)[nH]c2cc(Cl)ccc12)N(C=O)Cc1ccc(F)cc1F. The maximum Gasteiger partial charge on any atom is 0.352 e. The van der Waals surface area contributed by atoms with Crippen LogP contribution in [0.3, 0.4) is 0 Å². The molecule has 10 heteroatoms. The van der Waals surface area contributed by atoms with Gasteiger partial charge in [-0.05, 0) is 39.0 Å². The normalized spacial score (nSPS) is 12.4. The number of carbonyl (C=O) groups is 3. The van der Waals surface area contributed by atoms with Gasteiger partial charge in [0.1, 0.15) is 23.4 Å². The van der Waals surface area contributed by atoms with Gasteiger partial charge in [-0.1, -0.05) is 23.7 Å². The van der Waals surface area contributed by atoms with Crippen molar-refractivity contribution in [3.63, 3.8) is 0 Å². The zero-order valence-corrected chi connectivity index (χ0v) is 18.8. The van der Waals surface area contributed by atoms with Gasteiger partial charge in [0, 0.05) is 45.2 Å². The number of carboxylic acid groups (broad SMARTS) is 1. The van der Waals surface area contributed by atoms with Crippen LogP contribution in [0.5, 0.6) is 0 Å². The van der Waals surface area contributed by atoms with Gasteiger partial charge in [-0.2, -0.15) is 0 Å². The predicted octanol–water partition coefficient (Wildman–Crippen LogP) is 4.41. The minimum Gasteiger partial charge on any atom is -0.477 e. The Hall–Kier alpha value is -3.46. The number of nitrogens with zero attached hydrogens (tertiary/aromatic N) is 1. The summed E-state index contributed by atoms with van der Waals surface area (Å²) in [5, 5.41) is 13.3. The highest BCUT2D eigenvalue weighted by molar-refractivity contribution is 6.31. The lowest BCUT2D eigenvalue weighted by Crippen LogP contribution is -2.47. The Morgan fingerprint density at radius 1 is 1.21 bits per heavy atom. The van der Waals surface area contributed by atoms with E-state index in [1.54, 1.807) is 20.8 Å². The highest BCUT2D eigenvalue weighted by Gasteiger charge is 2.35. The molecule has 3 aromatic rings. The summed E-state index contributed by atoms with van der Waals surface area (Å²) in [7, 11) is 0. The predicted molar refractivity (Wildman–Crippen MR) is 119 cm³/mol. The van der Waals surface area contributed by atoms with E-state index in [1.165, 1.54) is 18.2 Å². The fraction of sp³-hybridized carbons (Fsp3) is 0.261. The van der Waals surface area contributed by atoms with Crippen LogP contribution < -0.4 is 5.32 Å². The summed E-state index contributed by atoms with van der Waals surface area (Å²) in [6.07, 6.45) is 0.329. The lowest BCUT2D eigenvalue weighted by Gasteiger charge is -2.31. The quantitative estimate of drug-likeness (QED) is 0.438. The minimum absolute atomic E-state index is 0.0190. The molecule has 3 N–H and O–H groups in total. The van der Waals surface area contributed by atoms with Crippen LogP contribution >= 0.6 is 11.6 Å². The van der Waals surface area contributed by atoms with Crippen molar-refractivity contribution in [1.29, 1.82) is 0 Å². The molecule has 0 saturated carbocycles. The van der Waals surface area contributed by atoms with E-state index in [0.717, 1.165) is 17.0 Å². The van der Waals surface area contributed by atoms with Gasteiger partial charge in [0.25, 0.3) is 0 Å². The average Bonchev–Trinajstić information content (AvgIpc) is 3.06. The molecule has 174 valence electrons. The summed E-state index contributed by atoms with van der Waals surface area (Å²) in [5.74, 6) is -3.72. The Bertz CT molecular complexity index is 1240. The molecule has 2 amide bonds. The summed E-state index contributed by atoms with van der Waals surface area (Å²) >= 11 is 6.03. The summed E-state index contributed by atoms with van der Waals surface area (Å²) < 4.78 is 27.7. The van der Waals surface area contributed by atoms with Crippen molar-refractivity contribution in [3.8, 4) is 0 Å². The Morgan fingerprint density at radius 3 is 2.48 bits per heavy atom. The molecule has 7 nitrogen and oxygen atoms in total. The van der Waals surface area contributed by atoms with E-state index in [1.807, 2.05) is 0 Å². The van der Waals surface area contributed by atoms with Crippen LogP contribution in [0.15, 0.2) is 36.4 Å². The Morgan fingerprint density at radius 2 is 1.91 bits per heavy atom. The molecule has 1 atom stereocenters. The van der Waals surface area contributed by atoms with E-state index in [4.69, 9.17) is 11.6 Å². The Labute approximate surface area is 193 Å². The molecule has 2 aromatic carbocycles. The number of carbonyl (C=O) groups excluding carboxylic acids is 2. The van der Waals surface area contributed by atoms with Crippen LogP contribution in [0.25, 0.3) is 10.9 Å². The van der Waals surface area contributed by atoms with Gasteiger partial charge in [-0.25, -0.2) is 13.6 Å². The van der Waals surface area contributed by atoms with Crippen molar-refractivity contribution in [2.75, 3.05) is 0 Å². The number of H-pyrrole nitrogens is 1. The molecular formula is C23H22ClF2N3O4. The number of halogens is 3. The third-order valence-electron chi connectivity index (χ3n) is 4.87. The topological polar surface area (TPSA) is 102 Å². The van der Waals surface area contributed by atoms with Crippen molar-refractivity contribution >= 4 is 40.8 Å². The zero-order chi connectivity index (χ0) is 24.5. The molecule has 33 heavy (non-hydrogen) atoms.